The Morgan fingerprint density at radius 3 is 2.66 bits per heavy atom. The van der Waals surface area contributed by atoms with Gasteiger partial charge in [-0.1, -0.05) is 41.9 Å². The first-order chi connectivity index (χ1) is 16.7. The summed E-state index contributed by atoms with van der Waals surface area (Å²) in [6.07, 6.45) is 0. The van der Waals surface area contributed by atoms with Crippen LogP contribution in [0.1, 0.15) is 16.1 Å². The molecule has 3 aromatic rings. The van der Waals surface area contributed by atoms with Gasteiger partial charge >= 0.3 is 0 Å². The summed E-state index contributed by atoms with van der Waals surface area (Å²) >= 11 is 5.77. The number of carbonyl (C=O) groups is 3. The van der Waals surface area contributed by atoms with Gasteiger partial charge < -0.3 is 25.8 Å². The molecule has 10 nitrogen and oxygen atoms in total. The molecule has 4 rings (SSSR count). The molecule has 12 heteroatoms. The van der Waals surface area contributed by atoms with Crippen LogP contribution in [0.2, 0.25) is 5.02 Å². The maximum absolute atomic E-state index is 14.1. The number of benzene rings is 2. The highest BCUT2D eigenvalue weighted by Crippen LogP contribution is 2.21. The average molecular weight is 504 g/mol. The van der Waals surface area contributed by atoms with Gasteiger partial charge in [-0.2, -0.15) is 5.10 Å². The van der Waals surface area contributed by atoms with Gasteiger partial charge in [-0.05, 0) is 12.1 Å². The molecule has 1 fully saturated rings. The van der Waals surface area contributed by atoms with E-state index in [1.54, 1.807) is 30.3 Å². The predicted molar refractivity (Wildman–Crippen MR) is 124 cm³/mol. The normalized spacial score (nSPS) is 14.4. The van der Waals surface area contributed by atoms with E-state index in [1.807, 2.05) is 0 Å². The van der Waals surface area contributed by atoms with Crippen molar-refractivity contribution in [1.29, 1.82) is 0 Å². The van der Waals surface area contributed by atoms with E-state index in [4.69, 9.17) is 22.1 Å². The number of halogens is 2. The van der Waals surface area contributed by atoms with Gasteiger partial charge in [0.25, 0.3) is 5.91 Å². The molecule has 0 radical (unpaired) electrons. The Bertz CT molecular complexity index is 1290. The summed E-state index contributed by atoms with van der Waals surface area (Å²) in [5, 5.41) is 17.7. The summed E-state index contributed by atoms with van der Waals surface area (Å²) in [5.74, 6) is -2.47. The summed E-state index contributed by atoms with van der Waals surface area (Å²) in [5.41, 5.74) is 4.85. The third kappa shape index (κ3) is 5.42. The molecule has 0 bridgehead atoms. The minimum atomic E-state index is -1.29. The highest BCUT2D eigenvalue weighted by Gasteiger charge is 2.39. The van der Waals surface area contributed by atoms with E-state index < -0.39 is 35.7 Å². The number of amides is 3. The number of nitrogens with zero attached hydrogens (tertiary/aromatic N) is 3. The molecule has 0 atom stereocenters. The second-order valence-corrected chi connectivity index (χ2v) is 8.75. The van der Waals surface area contributed by atoms with Crippen molar-refractivity contribution in [1.82, 2.24) is 20.0 Å². The van der Waals surface area contributed by atoms with Gasteiger partial charge in [0.2, 0.25) is 11.8 Å². The molecule has 3 amide bonds. The number of fused-ring (bicyclic) bond motifs is 1. The summed E-state index contributed by atoms with van der Waals surface area (Å²) in [7, 11) is 0. The Morgan fingerprint density at radius 2 is 1.97 bits per heavy atom. The molecule has 0 spiro atoms. The SMILES string of the molecule is NC(=O)c1nn(CC(=O)N(CC(=O)NCc2cccc(Cl)c2F)CC2(O)COC2)c2ccccc12. The monoisotopic (exact) mass is 503 g/mol. The lowest BCUT2D eigenvalue weighted by molar-refractivity contribution is -0.190. The number of nitrogens with one attached hydrogen (secondary N) is 1. The fourth-order valence-electron chi connectivity index (χ4n) is 3.78. The van der Waals surface area contributed by atoms with Crippen molar-refractivity contribution < 1.29 is 28.6 Å². The molecule has 4 N–H and O–H groups in total. The van der Waals surface area contributed by atoms with E-state index in [9.17, 15) is 23.9 Å². The Kier molecular flexibility index (Phi) is 7.01. The van der Waals surface area contributed by atoms with E-state index >= 15 is 0 Å². The van der Waals surface area contributed by atoms with Gasteiger partial charge in [0.05, 0.1) is 36.8 Å². The lowest BCUT2D eigenvalue weighted by Gasteiger charge is -2.40. The van der Waals surface area contributed by atoms with E-state index in [1.165, 1.54) is 21.7 Å². The third-order valence-corrected chi connectivity index (χ3v) is 5.89. The van der Waals surface area contributed by atoms with Crippen LogP contribution in [0.3, 0.4) is 0 Å². The lowest BCUT2D eigenvalue weighted by Crippen LogP contribution is -2.59. The van der Waals surface area contributed by atoms with Crippen LogP contribution >= 0.6 is 11.6 Å². The van der Waals surface area contributed by atoms with Crippen molar-refractivity contribution in [3.63, 3.8) is 0 Å². The number of primary amides is 1. The lowest BCUT2D eigenvalue weighted by atomic mass is 10.0. The number of hydrogen-bond acceptors (Lipinski definition) is 6. The van der Waals surface area contributed by atoms with Crippen LogP contribution in [0.25, 0.3) is 10.9 Å². The minimum Gasteiger partial charge on any atom is -0.383 e. The van der Waals surface area contributed by atoms with Crippen molar-refractivity contribution in [3.05, 3.63) is 64.6 Å². The van der Waals surface area contributed by atoms with Gasteiger partial charge in [-0.3, -0.25) is 19.1 Å². The first-order valence-corrected chi connectivity index (χ1v) is 11.1. The number of aliphatic hydroxyl groups is 1. The average Bonchev–Trinajstić information content (AvgIpc) is 3.17. The Labute approximate surface area is 204 Å². The molecule has 35 heavy (non-hydrogen) atoms. The maximum atomic E-state index is 14.1. The Balaban J connectivity index is 1.50. The second-order valence-electron chi connectivity index (χ2n) is 8.34. The molecule has 0 unspecified atom stereocenters. The van der Waals surface area contributed by atoms with E-state index in [0.29, 0.717) is 10.9 Å². The van der Waals surface area contributed by atoms with Crippen LogP contribution in [-0.2, 0) is 27.4 Å². The van der Waals surface area contributed by atoms with Crippen LogP contribution in [0.5, 0.6) is 0 Å². The van der Waals surface area contributed by atoms with Crippen molar-refractivity contribution in [3.8, 4) is 0 Å². The fraction of sp³-hybridized carbons (Fsp3) is 0.304. The fourth-order valence-corrected chi connectivity index (χ4v) is 3.98. The zero-order chi connectivity index (χ0) is 25.2. The van der Waals surface area contributed by atoms with Crippen molar-refractivity contribution in [2.75, 3.05) is 26.3 Å². The van der Waals surface area contributed by atoms with Gasteiger partial charge in [-0.25, -0.2) is 4.39 Å². The van der Waals surface area contributed by atoms with Crippen LogP contribution in [-0.4, -0.2) is 69.4 Å². The summed E-state index contributed by atoms with van der Waals surface area (Å²) in [6.45, 7) is -0.962. The first-order valence-electron chi connectivity index (χ1n) is 10.7. The zero-order valence-electron chi connectivity index (χ0n) is 18.5. The maximum Gasteiger partial charge on any atom is 0.269 e. The number of carbonyl (C=O) groups excluding carboxylic acids is 3. The predicted octanol–water partition coefficient (Wildman–Crippen LogP) is 0.834. The van der Waals surface area contributed by atoms with E-state index in [2.05, 4.69) is 10.4 Å². The third-order valence-electron chi connectivity index (χ3n) is 5.60. The molecule has 1 aliphatic rings. The number of ether oxygens (including phenoxy) is 1. The zero-order valence-corrected chi connectivity index (χ0v) is 19.3. The van der Waals surface area contributed by atoms with Crippen LogP contribution < -0.4 is 11.1 Å². The number of para-hydroxylation sites is 1. The first kappa shape index (κ1) is 24.6. The standard InChI is InChI=1S/C23H23ClFN5O5/c24-16-6-3-4-14(20(16)25)8-27-18(31)9-29(11-23(34)12-35-13-23)19(32)10-30-17-7-2-1-5-15(17)21(28-30)22(26)33/h1-7,34H,8-13H2,(H2,26,33)(H,27,31). The quantitative estimate of drug-likeness (QED) is 0.395. The Hall–Kier alpha value is -3.54. The van der Waals surface area contributed by atoms with E-state index in [-0.39, 0.29) is 49.1 Å². The molecular weight excluding hydrogens is 481 g/mol. The number of aromatic nitrogens is 2. The van der Waals surface area contributed by atoms with E-state index in [0.717, 1.165) is 0 Å². The molecule has 0 aliphatic carbocycles. The highest BCUT2D eigenvalue weighted by molar-refractivity contribution is 6.30. The van der Waals surface area contributed by atoms with Crippen molar-refractivity contribution in [2.45, 2.75) is 18.7 Å². The van der Waals surface area contributed by atoms with Crippen molar-refractivity contribution in [2.24, 2.45) is 5.73 Å². The van der Waals surface area contributed by atoms with Crippen LogP contribution in [0.4, 0.5) is 4.39 Å². The smallest absolute Gasteiger partial charge is 0.269 e. The number of hydrogen-bond donors (Lipinski definition) is 3. The molecule has 1 aromatic heterocycles. The summed E-state index contributed by atoms with van der Waals surface area (Å²) < 4.78 is 20.5. The molecule has 0 saturated carbocycles. The molecule has 2 aromatic carbocycles. The summed E-state index contributed by atoms with van der Waals surface area (Å²) in [6, 6.07) is 11.2. The van der Waals surface area contributed by atoms with Gasteiger partial charge in [0, 0.05) is 17.5 Å². The number of nitrogens with two attached hydrogens (primary N) is 1. The van der Waals surface area contributed by atoms with Crippen molar-refractivity contribution >= 4 is 40.2 Å². The molecule has 184 valence electrons. The van der Waals surface area contributed by atoms with Gasteiger partial charge in [-0.15, -0.1) is 0 Å². The topological polar surface area (TPSA) is 140 Å². The van der Waals surface area contributed by atoms with Crippen LogP contribution in [0, 0.1) is 5.82 Å². The molecule has 1 saturated heterocycles. The largest absolute Gasteiger partial charge is 0.383 e. The molecule has 2 heterocycles. The van der Waals surface area contributed by atoms with Gasteiger partial charge in [0.15, 0.2) is 5.69 Å². The minimum absolute atomic E-state index is 0.0165. The summed E-state index contributed by atoms with van der Waals surface area (Å²) in [4.78, 5) is 38.8. The Morgan fingerprint density at radius 1 is 1.23 bits per heavy atom. The second kappa shape index (κ2) is 9.98. The molecular formula is C23H23ClFN5O5. The highest BCUT2D eigenvalue weighted by atomic mass is 35.5. The van der Waals surface area contributed by atoms with Crippen LogP contribution in [0.15, 0.2) is 42.5 Å². The van der Waals surface area contributed by atoms with Gasteiger partial charge in [0.1, 0.15) is 18.0 Å². The molecule has 1 aliphatic heterocycles. The number of rotatable bonds is 9.